The molecule has 2 saturated heterocycles. The number of nitrogens with one attached hydrogen (secondary N) is 1. The lowest BCUT2D eigenvalue weighted by Crippen LogP contribution is -2.53. The van der Waals surface area contributed by atoms with Gasteiger partial charge in [0.25, 0.3) is 0 Å². The summed E-state index contributed by atoms with van der Waals surface area (Å²) >= 11 is 0. The van der Waals surface area contributed by atoms with Crippen LogP contribution in [0.5, 0.6) is 0 Å². The molecular weight excluding hydrogens is 264 g/mol. The van der Waals surface area contributed by atoms with Crippen molar-refractivity contribution in [2.24, 2.45) is 0 Å². The highest BCUT2D eigenvalue weighted by atomic mass is 16.3. The van der Waals surface area contributed by atoms with Crippen molar-refractivity contribution in [1.82, 2.24) is 20.0 Å². The van der Waals surface area contributed by atoms with Crippen molar-refractivity contribution >= 4 is 0 Å². The Balaban J connectivity index is 1.67. The molecular formula is C16H28N4O. The Hall–Kier alpha value is -0.880. The fourth-order valence-electron chi connectivity index (χ4n) is 3.39. The SMILES string of the molecule is CC1CN(C(CN2CCN(C)CC2)c2ccco2)CCN1. The zero-order chi connectivity index (χ0) is 14.7. The van der Waals surface area contributed by atoms with E-state index in [1.165, 1.54) is 13.1 Å². The highest BCUT2D eigenvalue weighted by Gasteiger charge is 2.29. The van der Waals surface area contributed by atoms with Gasteiger partial charge >= 0.3 is 0 Å². The first-order valence-corrected chi connectivity index (χ1v) is 8.14. The van der Waals surface area contributed by atoms with E-state index in [-0.39, 0.29) is 0 Å². The maximum absolute atomic E-state index is 5.75. The first-order valence-electron chi connectivity index (χ1n) is 8.14. The van der Waals surface area contributed by atoms with E-state index in [0.29, 0.717) is 12.1 Å². The Morgan fingerprint density at radius 2 is 2.10 bits per heavy atom. The fourth-order valence-corrected chi connectivity index (χ4v) is 3.39. The Kier molecular flexibility index (Phi) is 4.95. The molecule has 0 aliphatic carbocycles. The lowest BCUT2D eigenvalue weighted by atomic mass is 10.1. The Morgan fingerprint density at radius 3 is 2.76 bits per heavy atom. The molecule has 2 aliphatic rings. The molecule has 2 atom stereocenters. The second kappa shape index (κ2) is 6.92. The van der Waals surface area contributed by atoms with Crippen LogP contribution in [-0.2, 0) is 0 Å². The molecule has 5 nitrogen and oxygen atoms in total. The van der Waals surface area contributed by atoms with E-state index in [1.54, 1.807) is 6.26 Å². The van der Waals surface area contributed by atoms with Gasteiger partial charge in [0.15, 0.2) is 0 Å². The number of furan rings is 1. The van der Waals surface area contributed by atoms with Crippen LogP contribution >= 0.6 is 0 Å². The molecule has 0 bridgehead atoms. The van der Waals surface area contributed by atoms with Crippen LogP contribution in [0.1, 0.15) is 18.7 Å². The highest BCUT2D eigenvalue weighted by molar-refractivity contribution is 5.06. The minimum atomic E-state index is 0.382. The van der Waals surface area contributed by atoms with Gasteiger partial charge in [0.05, 0.1) is 12.3 Å². The zero-order valence-electron chi connectivity index (χ0n) is 13.3. The third-order valence-electron chi connectivity index (χ3n) is 4.74. The van der Waals surface area contributed by atoms with Gasteiger partial charge in [-0.05, 0) is 26.1 Å². The van der Waals surface area contributed by atoms with Crippen molar-refractivity contribution in [3.8, 4) is 0 Å². The van der Waals surface area contributed by atoms with Crippen LogP contribution < -0.4 is 5.32 Å². The number of hydrogen-bond donors (Lipinski definition) is 1. The van der Waals surface area contributed by atoms with Gasteiger partial charge in [-0.25, -0.2) is 0 Å². The van der Waals surface area contributed by atoms with Crippen LogP contribution in [0.2, 0.25) is 0 Å². The zero-order valence-corrected chi connectivity index (χ0v) is 13.3. The average Bonchev–Trinajstić information content (AvgIpc) is 3.00. The molecule has 0 aromatic carbocycles. The van der Waals surface area contributed by atoms with Crippen LogP contribution in [0.3, 0.4) is 0 Å². The number of nitrogens with zero attached hydrogens (tertiary/aromatic N) is 3. The Labute approximate surface area is 127 Å². The van der Waals surface area contributed by atoms with Gasteiger partial charge < -0.3 is 14.6 Å². The average molecular weight is 292 g/mol. The quantitative estimate of drug-likeness (QED) is 0.890. The largest absolute Gasteiger partial charge is 0.468 e. The minimum absolute atomic E-state index is 0.382. The first-order chi connectivity index (χ1) is 10.2. The number of hydrogen-bond acceptors (Lipinski definition) is 5. The van der Waals surface area contributed by atoms with E-state index in [2.05, 4.69) is 40.1 Å². The van der Waals surface area contributed by atoms with Gasteiger partial charge in [-0.3, -0.25) is 9.80 Å². The number of piperazine rings is 2. The summed E-state index contributed by atoms with van der Waals surface area (Å²) in [5, 5.41) is 3.53. The predicted octanol–water partition coefficient (Wildman–Crippen LogP) is 0.862. The van der Waals surface area contributed by atoms with Gasteiger partial charge in [0, 0.05) is 58.4 Å². The van der Waals surface area contributed by atoms with Crippen LogP contribution in [0.15, 0.2) is 22.8 Å². The number of rotatable bonds is 4. The molecule has 0 saturated carbocycles. The molecule has 2 unspecified atom stereocenters. The summed E-state index contributed by atoms with van der Waals surface area (Å²) in [4.78, 5) is 7.57. The van der Waals surface area contributed by atoms with E-state index in [9.17, 15) is 0 Å². The molecule has 2 fully saturated rings. The first kappa shape index (κ1) is 15.0. The van der Waals surface area contributed by atoms with Gasteiger partial charge in [0.1, 0.15) is 5.76 Å². The van der Waals surface area contributed by atoms with Crippen molar-refractivity contribution in [3.05, 3.63) is 24.2 Å². The van der Waals surface area contributed by atoms with Gasteiger partial charge in [-0.2, -0.15) is 0 Å². The fraction of sp³-hybridized carbons (Fsp3) is 0.750. The van der Waals surface area contributed by atoms with Crippen LogP contribution in [-0.4, -0.2) is 80.1 Å². The molecule has 118 valence electrons. The Bertz CT molecular complexity index is 414. The number of likely N-dealkylation sites (N-methyl/N-ethyl adjacent to an activating group) is 1. The predicted molar refractivity (Wildman–Crippen MR) is 84.4 cm³/mol. The Morgan fingerprint density at radius 1 is 1.29 bits per heavy atom. The second-order valence-corrected chi connectivity index (χ2v) is 6.49. The van der Waals surface area contributed by atoms with E-state index >= 15 is 0 Å². The standard InChI is InChI=1S/C16H28N4O/c1-14-12-20(6-5-17-14)15(16-4-3-11-21-16)13-19-9-7-18(2)8-10-19/h3-4,11,14-15,17H,5-10,12-13H2,1-2H3. The van der Waals surface area contributed by atoms with Crippen LogP contribution in [0.25, 0.3) is 0 Å². The van der Waals surface area contributed by atoms with Crippen molar-refractivity contribution in [2.75, 3.05) is 59.4 Å². The summed E-state index contributed by atoms with van der Waals surface area (Å²) in [5.41, 5.74) is 0. The lowest BCUT2D eigenvalue weighted by molar-refractivity contribution is 0.0737. The lowest BCUT2D eigenvalue weighted by Gasteiger charge is -2.40. The van der Waals surface area contributed by atoms with Crippen molar-refractivity contribution < 1.29 is 4.42 Å². The van der Waals surface area contributed by atoms with E-state index < -0.39 is 0 Å². The van der Waals surface area contributed by atoms with E-state index in [4.69, 9.17) is 4.42 Å². The molecule has 0 amide bonds. The normalized spacial score (nSPS) is 27.8. The molecule has 3 rings (SSSR count). The maximum Gasteiger partial charge on any atom is 0.122 e. The smallest absolute Gasteiger partial charge is 0.122 e. The molecule has 0 radical (unpaired) electrons. The summed E-state index contributed by atoms with van der Waals surface area (Å²) in [6.45, 7) is 11.3. The minimum Gasteiger partial charge on any atom is -0.468 e. The molecule has 1 aromatic heterocycles. The summed E-state index contributed by atoms with van der Waals surface area (Å²) in [7, 11) is 2.21. The van der Waals surface area contributed by atoms with E-state index in [0.717, 1.165) is 45.0 Å². The van der Waals surface area contributed by atoms with Crippen molar-refractivity contribution in [2.45, 2.75) is 19.0 Å². The molecule has 1 aromatic rings. The third kappa shape index (κ3) is 3.86. The van der Waals surface area contributed by atoms with Gasteiger partial charge in [-0.1, -0.05) is 0 Å². The molecule has 21 heavy (non-hydrogen) atoms. The third-order valence-corrected chi connectivity index (χ3v) is 4.74. The molecule has 2 aliphatic heterocycles. The monoisotopic (exact) mass is 292 g/mol. The molecule has 0 spiro atoms. The highest BCUT2D eigenvalue weighted by Crippen LogP contribution is 2.24. The summed E-state index contributed by atoms with van der Waals surface area (Å²) in [6, 6.07) is 5.09. The van der Waals surface area contributed by atoms with Crippen LogP contribution in [0, 0.1) is 0 Å². The summed E-state index contributed by atoms with van der Waals surface area (Å²) < 4.78 is 5.75. The van der Waals surface area contributed by atoms with Crippen molar-refractivity contribution in [3.63, 3.8) is 0 Å². The second-order valence-electron chi connectivity index (χ2n) is 6.49. The molecule has 3 heterocycles. The van der Waals surface area contributed by atoms with Gasteiger partial charge in [-0.15, -0.1) is 0 Å². The van der Waals surface area contributed by atoms with E-state index in [1.807, 2.05) is 6.07 Å². The molecule has 5 heteroatoms. The van der Waals surface area contributed by atoms with Crippen molar-refractivity contribution in [1.29, 1.82) is 0 Å². The van der Waals surface area contributed by atoms with Crippen LogP contribution in [0.4, 0.5) is 0 Å². The molecule has 1 N–H and O–H groups in total. The maximum atomic E-state index is 5.75. The van der Waals surface area contributed by atoms with Gasteiger partial charge in [0.2, 0.25) is 0 Å². The summed E-state index contributed by atoms with van der Waals surface area (Å²) in [5.74, 6) is 1.11. The topological polar surface area (TPSA) is 34.9 Å². The summed E-state index contributed by atoms with van der Waals surface area (Å²) in [6.07, 6.45) is 1.80.